The smallest absolute Gasteiger partial charge is 0.244 e. The van der Waals surface area contributed by atoms with Gasteiger partial charge in [0.2, 0.25) is 10.0 Å². The lowest BCUT2D eigenvalue weighted by Gasteiger charge is -2.31. The molecule has 1 N–H and O–H groups in total. The number of rotatable bonds is 2. The second-order valence-corrected chi connectivity index (χ2v) is 6.61. The first-order valence-electron chi connectivity index (χ1n) is 5.60. The molecule has 7 heteroatoms. The van der Waals surface area contributed by atoms with Crippen LogP contribution < -0.4 is 5.32 Å². The Hall–Kier alpha value is -0.690. The van der Waals surface area contributed by atoms with Gasteiger partial charge in [-0.3, -0.25) is 0 Å². The van der Waals surface area contributed by atoms with Gasteiger partial charge < -0.3 is 5.32 Å². The minimum atomic E-state index is -3.65. The number of piperazine rings is 1. The van der Waals surface area contributed by atoms with Crippen LogP contribution in [0.3, 0.4) is 0 Å². The minimum absolute atomic E-state index is 0.0420. The highest BCUT2D eigenvalue weighted by Crippen LogP contribution is 2.25. The average molecular weight is 293 g/mol. The molecule has 1 saturated heterocycles. The zero-order chi connectivity index (χ0) is 13.3. The Morgan fingerprint density at radius 1 is 1.50 bits per heavy atom. The standard InChI is InChI=1S/C11H14ClFN2O2S/c1-8-7-15(5-4-14-8)18(16,17)11-3-2-9(13)6-10(11)12/h2-3,6,8,14H,4-5,7H2,1H3. The van der Waals surface area contributed by atoms with Gasteiger partial charge in [-0.15, -0.1) is 0 Å². The zero-order valence-electron chi connectivity index (χ0n) is 9.86. The third kappa shape index (κ3) is 2.66. The van der Waals surface area contributed by atoms with Gasteiger partial charge in [0.15, 0.2) is 0 Å². The van der Waals surface area contributed by atoms with Crippen LogP contribution in [0.15, 0.2) is 23.1 Å². The van der Waals surface area contributed by atoms with Gasteiger partial charge in [0.25, 0.3) is 0 Å². The highest BCUT2D eigenvalue weighted by Gasteiger charge is 2.30. The molecule has 4 nitrogen and oxygen atoms in total. The molecule has 0 aromatic heterocycles. The molecule has 0 bridgehead atoms. The van der Waals surface area contributed by atoms with Crippen molar-refractivity contribution in [1.82, 2.24) is 9.62 Å². The summed E-state index contributed by atoms with van der Waals surface area (Å²) in [5, 5.41) is 3.08. The van der Waals surface area contributed by atoms with Crippen molar-refractivity contribution in [1.29, 1.82) is 0 Å². The number of hydrogen-bond acceptors (Lipinski definition) is 3. The van der Waals surface area contributed by atoms with Crippen LogP contribution >= 0.6 is 11.6 Å². The zero-order valence-corrected chi connectivity index (χ0v) is 11.4. The van der Waals surface area contributed by atoms with Gasteiger partial charge in [-0.05, 0) is 25.1 Å². The van der Waals surface area contributed by atoms with E-state index in [1.807, 2.05) is 6.92 Å². The maximum absolute atomic E-state index is 12.9. The molecule has 18 heavy (non-hydrogen) atoms. The fourth-order valence-electron chi connectivity index (χ4n) is 1.94. The minimum Gasteiger partial charge on any atom is -0.312 e. The Morgan fingerprint density at radius 3 is 2.83 bits per heavy atom. The van der Waals surface area contributed by atoms with E-state index in [9.17, 15) is 12.8 Å². The number of nitrogens with one attached hydrogen (secondary N) is 1. The lowest BCUT2D eigenvalue weighted by molar-refractivity contribution is 0.310. The first-order valence-corrected chi connectivity index (χ1v) is 7.41. The molecule has 1 fully saturated rings. The van der Waals surface area contributed by atoms with E-state index in [-0.39, 0.29) is 16.0 Å². The van der Waals surface area contributed by atoms with Crippen LogP contribution in [-0.2, 0) is 10.0 Å². The highest BCUT2D eigenvalue weighted by atomic mass is 35.5. The summed E-state index contributed by atoms with van der Waals surface area (Å²) in [5.74, 6) is -0.548. The van der Waals surface area contributed by atoms with Crippen molar-refractivity contribution in [3.63, 3.8) is 0 Å². The summed E-state index contributed by atoms with van der Waals surface area (Å²) in [7, 11) is -3.65. The summed E-state index contributed by atoms with van der Waals surface area (Å²) >= 11 is 5.81. The van der Waals surface area contributed by atoms with Crippen LogP contribution in [0.5, 0.6) is 0 Å². The second kappa shape index (κ2) is 5.13. The molecule has 1 atom stereocenters. The summed E-state index contributed by atoms with van der Waals surface area (Å²) in [4.78, 5) is -0.0420. The van der Waals surface area contributed by atoms with E-state index in [1.54, 1.807) is 0 Å². The first kappa shape index (κ1) is 13.7. The van der Waals surface area contributed by atoms with Gasteiger partial charge >= 0.3 is 0 Å². The third-order valence-corrected chi connectivity index (χ3v) is 5.19. The Bertz CT molecular complexity index is 550. The predicted octanol–water partition coefficient (Wildman–Crippen LogP) is 1.46. The van der Waals surface area contributed by atoms with Crippen LogP contribution in [0.4, 0.5) is 4.39 Å². The predicted molar refractivity (Wildman–Crippen MR) is 67.6 cm³/mol. The lowest BCUT2D eigenvalue weighted by atomic mass is 10.3. The van der Waals surface area contributed by atoms with Crippen molar-refractivity contribution < 1.29 is 12.8 Å². The number of benzene rings is 1. The number of sulfonamides is 1. The number of nitrogens with zero attached hydrogens (tertiary/aromatic N) is 1. The normalized spacial score (nSPS) is 22.1. The molecular formula is C11H14ClFN2O2S. The van der Waals surface area contributed by atoms with Gasteiger partial charge in [-0.2, -0.15) is 4.31 Å². The summed E-state index contributed by atoms with van der Waals surface area (Å²) in [5.41, 5.74) is 0. The molecule has 0 amide bonds. The largest absolute Gasteiger partial charge is 0.312 e. The van der Waals surface area contributed by atoms with Gasteiger partial charge in [0.05, 0.1) is 5.02 Å². The van der Waals surface area contributed by atoms with E-state index >= 15 is 0 Å². The van der Waals surface area contributed by atoms with Crippen molar-refractivity contribution in [3.05, 3.63) is 29.0 Å². The van der Waals surface area contributed by atoms with Crippen molar-refractivity contribution in [2.24, 2.45) is 0 Å². The van der Waals surface area contributed by atoms with Crippen LogP contribution in [0, 0.1) is 5.82 Å². The van der Waals surface area contributed by atoms with Crippen LogP contribution in [0.1, 0.15) is 6.92 Å². The fourth-order valence-corrected chi connectivity index (χ4v) is 3.97. The molecule has 100 valence electrons. The number of hydrogen-bond donors (Lipinski definition) is 1. The number of halogens is 2. The molecule has 0 spiro atoms. The maximum Gasteiger partial charge on any atom is 0.244 e. The van der Waals surface area contributed by atoms with Crippen LogP contribution in [0.25, 0.3) is 0 Å². The molecule has 1 heterocycles. The van der Waals surface area contributed by atoms with E-state index in [4.69, 9.17) is 11.6 Å². The Labute approximate surface area is 111 Å². The molecule has 1 aliphatic heterocycles. The molecule has 0 radical (unpaired) electrons. The second-order valence-electron chi connectivity index (χ2n) is 4.29. The summed E-state index contributed by atoms with van der Waals surface area (Å²) in [6, 6.07) is 3.41. The molecule has 0 aliphatic carbocycles. The van der Waals surface area contributed by atoms with Gasteiger partial charge in [-0.25, -0.2) is 12.8 Å². The van der Waals surface area contributed by atoms with E-state index in [1.165, 1.54) is 10.4 Å². The molecule has 0 saturated carbocycles. The van der Waals surface area contributed by atoms with Gasteiger partial charge in [0, 0.05) is 25.7 Å². The fraction of sp³-hybridized carbons (Fsp3) is 0.455. The summed E-state index contributed by atoms with van der Waals surface area (Å²) < 4.78 is 39.0. The Kier molecular flexibility index (Phi) is 3.91. The van der Waals surface area contributed by atoms with E-state index in [2.05, 4.69) is 5.32 Å². The molecular weight excluding hydrogens is 279 g/mol. The van der Waals surface area contributed by atoms with E-state index in [0.29, 0.717) is 19.6 Å². The Balaban J connectivity index is 2.35. The van der Waals surface area contributed by atoms with Crippen molar-refractivity contribution in [2.75, 3.05) is 19.6 Å². The SMILES string of the molecule is CC1CN(S(=O)(=O)c2ccc(F)cc2Cl)CCN1. The van der Waals surface area contributed by atoms with E-state index < -0.39 is 15.8 Å². The quantitative estimate of drug-likeness (QED) is 0.898. The highest BCUT2D eigenvalue weighted by molar-refractivity contribution is 7.89. The monoisotopic (exact) mass is 292 g/mol. The van der Waals surface area contributed by atoms with Crippen molar-refractivity contribution >= 4 is 21.6 Å². The van der Waals surface area contributed by atoms with Crippen molar-refractivity contribution in [2.45, 2.75) is 17.9 Å². The van der Waals surface area contributed by atoms with E-state index in [0.717, 1.165) is 12.1 Å². The Morgan fingerprint density at radius 2 is 2.22 bits per heavy atom. The molecule has 1 aliphatic rings. The third-order valence-electron chi connectivity index (χ3n) is 2.84. The summed E-state index contributed by atoms with van der Waals surface area (Å²) in [6.45, 7) is 3.28. The lowest BCUT2D eigenvalue weighted by Crippen LogP contribution is -2.51. The molecule has 1 unspecified atom stereocenters. The van der Waals surface area contributed by atoms with Crippen molar-refractivity contribution in [3.8, 4) is 0 Å². The molecule has 2 rings (SSSR count). The van der Waals surface area contributed by atoms with Gasteiger partial charge in [-0.1, -0.05) is 11.6 Å². The average Bonchev–Trinajstić information content (AvgIpc) is 2.28. The molecule has 1 aromatic rings. The van der Waals surface area contributed by atoms with Crippen LogP contribution in [-0.4, -0.2) is 38.4 Å². The van der Waals surface area contributed by atoms with Crippen LogP contribution in [0.2, 0.25) is 5.02 Å². The maximum atomic E-state index is 12.9. The first-order chi connectivity index (χ1) is 8.41. The topological polar surface area (TPSA) is 49.4 Å². The van der Waals surface area contributed by atoms with Gasteiger partial charge in [0.1, 0.15) is 10.7 Å². The summed E-state index contributed by atoms with van der Waals surface area (Å²) in [6.07, 6.45) is 0. The molecule has 1 aromatic carbocycles.